The number of halogens is 2. The summed E-state index contributed by atoms with van der Waals surface area (Å²) in [7, 11) is 0. The van der Waals surface area contributed by atoms with Gasteiger partial charge >= 0.3 is 0 Å². The summed E-state index contributed by atoms with van der Waals surface area (Å²) in [5.74, 6) is 0. The van der Waals surface area contributed by atoms with E-state index < -0.39 is 0 Å². The van der Waals surface area contributed by atoms with E-state index >= 15 is 0 Å². The SMILES string of the molecule is CC(C)(C)c1ccc(-c2ccc(Br)cc2)c(-c2ccc(Br)cc2)c1N. The summed E-state index contributed by atoms with van der Waals surface area (Å²) in [6, 6.07) is 21.1. The lowest BCUT2D eigenvalue weighted by atomic mass is 9.81. The lowest BCUT2D eigenvalue weighted by Gasteiger charge is -2.25. The Kier molecular flexibility index (Phi) is 5.08. The highest BCUT2D eigenvalue weighted by atomic mass is 79.9. The van der Waals surface area contributed by atoms with Gasteiger partial charge in [0, 0.05) is 20.2 Å². The number of benzene rings is 3. The van der Waals surface area contributed by atoms with Crippen molar-refractivity contribution in [2.45, 2.75) is 26.2 Å². The van der Waals surface area contributed by atoms with Gasteiger partial charge in [0.1, 0.15) is 0 Å². The molecule has 0 aliphatic rings. The average molecular weight is 459 g/mol. The van der Waals surface area contributed by atoms with Crippen molar-refractivity contribution in [1.29, 1.82) is 0 Å². The van der Waals surface area contributed by atoms with E-state index in [1.165, 1.54) is 5.56 Å². The van der Waals surface area contributed by atoms with Gasteiger partial charge in [0.15, 0.2) is 0 Å². The molecule has 0 spiro atoms. The van der Waals surface area contributed by atoms with Gasteiger partial charge in [-0.3, -0.25) is 0 Å². The zero-order valence-corrected chi connectivity index (χ0v) is 17.8. The highest BCUT2D eigenvalue weighted by Crippen LogP contribution is 2.42. The maximum Gasteiger partial charge on any atom is 0.0437 e. The minimum absolute atomic E-state index is 0.00750. The first-order valence-corrected chi connectivity index (χ1v) is 9.81. The molecular weight excluding hydrogens is 438 g/mol. The molecule has 3 aromatic carbocycles. The van der Waals surface area contributed by atoms with Crippen molar-refractivity contribution in [3.05, 3.63) is 75.2 Å². The molecule has 128 valence electrons. The van der Waals surface area contributed by atoms with Crippen LogP contribution in [0.2, 0.25) is 0 Å². The van der Waals surface area contributed by atoms with Crippen LogP contribution in [0.5, 0.6) is 0 Å². The van der Waals surface area contributed by atoms with E-state index in [4.69, 9.17) is 5.73 Å². The number of rotatable bonds is 2. The van der Waals surface area contributed by atoms with Crippen LogP contribution in [0.3, 0.4) is 0 Å². The third-order valence-electron chi connectivity index (χ3n) is 4.34. The van der Waals surface area contributed by atoms with Crippen molar-refractivity contribution in [2.24, 2.45) is 0 Å². The van der Waals surface area contributed by atoms with Crippen molar-refractivity contribution >= 4 is 37.5 Å². The maximum absolute atomic E-state index is 6.69. The molecule has 0 aromatic heterocycles. The van der Waals surface area contributed by atoms with Crippen LogP contribution in [0.25, 0.3) is 22.3 Å². The molecule has 3 heteroatoms. The largest absolute Gasteiger partial charge is 0.398 e. The van der Waals surface area contributed by atoms with Crippen molar-refractivity contribution in [3.8, 4) is 22.3 Å². The second-order valence-corrected chi connectivity index (χ2v) is 9.04. The molecule has 3 aromatic rings. The van der Waals surface area contributed by atoms with E-state index in [9.17, 15) is 0 Å². The Morgan fingerprint density at radius 3 is 1.64 bits per heavy atom. The second-order valence-electron chi connectivity index (χ2n) is 7.21. The molecule has 0 unspecified atom stereocenters. The van der Waals surface area contributed by atoms with Gasteiger partial charge in [-0.05, 0) is 51.9 Å². The molecule has 0 aliphatic heterocycles. The number of hydrogen-bond acceptors (Lipinski definition) is 1. The van der Waals surface area contributed by atoms with Crippen LogP contribution in [0.1, 0.15) is 26.3 Å². The molecule has 0 aliphatic carbocycles. The van der Waals surface area contributed by atoms with Crippen molar-refractivity contribution < 1.29 is 0 Å². The summed E-state index contributed by atoms with van der Waals surface area (Å²) >= 11 is 7.03. The monoisotopic (exact) mass is 457 g/mol. The Morgan fingerprint density at radius 1 is 0.680 bits per heavy atom. The zero-order chi connectivity index (χ0) is 18.2. The van der Waals surface area contributed by atoms with Gasteiger partial charge in [0.05, 0.1) is 0 Å². The molecule has 0 amide bonds. The van der Waals surface area contributed by atoms with Crippen LogP contribution in [-0.4, -0.2) is 0 Å². The van der Waals surface area contributed by atoms with E-state index in [0.29, 0.717) is 0 Å². The lowest BCUT2D eigenvalue weighted by molar-refractivity contribution is 0.593. The molecule has 3 rings (SSSR count). The summed E-state index contributed by atoms with van der Waals surface area (Å²) in [5, 5.41) is 0. The maximum atomic E-state index is 6.69. The first-order chi connectivity index (χ1) is 11.8. The van der Waals surface area contributed by atoms with Gasteiger partial charge in [0.25, 0.3) is 0 Å². The van der Waals surface area contributed by atoms with Crippen LogP contribution in [0.4, 0.5) is 5.69 Å². The normalized spacial score (nSPS) is 11.6. The van der Waals surface area contributed by atoms with Gasteiger partial charge in [-0.2, -0.15) is 0 Å². The van der Waals surface area contributed by atoms with Crippen LogP contribution in [0, 0.1) is 0 Å². The second kappa shape index (κ2) is 6.97. The molecule has 0 fully saturated rings. The summed E-state index contributed by atoms with van der Waals surface area (Å²) in [6.07, 6.45) is 0. The Bertz CT molecular complexity index is 889. The standard InChI is InChI=1S/C22H21Br2N/c1-22(2,3)19-13-12-18(14-4-8-16(23)9-5-14)20(21(19)25)15-6-10-17(24)11-7-15/h4-13H,25H2,1-3H3. The van der Waals surface area contributed by atoms with E-state index in [2.05, 4.69) is 113 Å². The average Bonchev–Trinajstić information content (AvgIpc) is 2.55. The van der Waals surface area contributed by atoms with Crippen LogP contribution >= 0.6 is 31.9 Å². The molecule has 0 radical (unpaired) electrons. The highest BCUT2D eigenvalue weighted by Gasteiger charge is 2.22. The minimum atomic E-state index is -0.00750. The van der Waals surface area contributed by atoms with Gasteiger partial charge < -0.3 is 5.73 Å². The summed E-state index contributed by atoms with van der Waals surface area (Å²) in [4.78, 5) is 0. The van der Waals surface area contributed by atoms with Gasteiger partial charge in [-0.15, -0.1) is 0 Å². The quantitative estimate of drug-likeness (QED) is 0.397. The third kappa shape index (κ3) is 3.83. The topological polar surface area (TPSA) is 26.0 Å². The highest BCUT2D eigenvalue weighted by molar-refractivity contribution is 9.10. The molecule has 1 nitrogen and oxygen atoms in total. The Balaban J connectivity index is 2.30. The Hall–Kier alpha value is -1.58. The first kappa shape index (κ1) is 18.2. The Morgan fingerprint density at radius 2 is 1.16 bits per heavy atom. The minimum Gasteiger partial charge on any atom is -0.398 e. The van der Waals surface area contributed by atoms with Crippen LogP contribution in [0.15, 0.2) is 69.6 Å². The Labute approximate surface area is 166 Å². The van der Waals surface area contributed by atoms with Crippen LogP contribution < -0.4 is 5.73 Å². The van der Waals surface area contributed by atoms with E-state index in [-0.39, 0.29) is 5.41 Å². The van der Waals surface area contributed by atoms with E-state index in [1.807, 2.05) is 0 Å². The molecular formula is C22H21Br2N. The zero-order valence-electron chi connectivity index (χ0n) is 14.6. The molecule has 25 heavy (non-hydrogen) atoms. The summed E-state index contributed by atoms with van der Waals surface area (Å²) in [6.45, 7) is 6.59. The summed E-state index contributed by atoms with van der Waals surface area (Å²) < 4.78 is 2.13. The van der Waals surface area contributed by atoms with Crippen molar-refractivity contribution in [3.63, 3.8) is 0 Å². The third-order valence-corrected chi connectivity index (χ3v) is 5.40. The predicted octanol–water partition coefficient (Wildman–Crippen LogP) is 7.43. The van der Waals surface area contributed by atoms with Gasteiger partial charge in [0.2, 0.25) is 0 Å². The molecule has 0 saturated carbocycles. The fraction of sp³-hybridized carbons (Fsp3) is 0.182. The lowest BCUT2D eigenvalue weighted by Crippen LogP contribution is -2.15. The number of hydrogen-bond donors (Lipinski definition) is 1. The smallest absolute Gasteiger partial charge is 0.0437 e. The molecule has 2 N–H and O–H groups in total. The number of nitrogens with two attached hydrogens (primary N) is 1. The number of nitrogen functional groups attached to an aromatic ring is 1. The predicted molar refractivity (Wildman–Crippen MR) is 116 cm³/mol. The molecule has 0 bridgehead atoms. The number of anilines is 1. The molecule has 0 atom stereocenters. The molecule has 0 saturated heterocycles. The van der Waals surface area contributed by atoms with Gasteiger partial charge in [-0.1, -0.05) is 89.0 Å². The van der Waals surface area contributed by atoms with Crippen LogP contribution in [-0.2, 0) is 5.41 Å². The molecule has 0 heterocycles. The van der Waals surface area contributed by atoms with Crippen molar-refractivity contribution in [2.75, 3.05) is 5.73 Å². The van der Waals surface area contributed by atoms with E-state index in [0.717, 1.165) is 36.9 Å². The van der Waals surface area contributed by atoms with E-state index in [1.54, 1.807) is 0 Å². The fourth-order valence-electron chi connectivity index (χ4n) is 3.07. The summed E-state index contributed by atoms with van der Waals surface area (Å²) in [5.41, 5.74) is 13.3. The van der Waals surface area contributed by atoms with Crippen molar-refractivity contribution in [1.82, 2.24) is 0 Å². The van der Waals surface area contributed by atoms with Gasteiger partial charge in [-0.25, -0.2) is 0 Å². The first-order valence-electron chi connectivity index (χ1n) is 8.22. The fourth-order valence-corrected chi connectivity index (χ4v) is 3.60.